The van der Waals surface area contributed by atoms with Crippen LogP contribution in [0.5, 0.6) is 5.75 Å². The molecule has 1 saturated heterocycles. The summed E-state index contributed by atoms with van der Waals surface area (Å²) >= 11 is 0. The number of hydrogen-bond acceptors (Lipinski definition) is 5. The van der Waals surface area contributed by atoms with Crippen LogP contribution < -0.4 is 10.1 Å². The predicted octanol–water partition coefficient (Wildman–Crippen LogP) is 3.88. The molecular weight excluding hydrogens is 451 g/mol. The number of rotatable bonds is 7. The van der Waals surface area contributed by atoms with Gasteiger partial charge in [0, 0.05) is 19.7 Å². The first kappa shape index (κ1) is 23.1. The lowest BCUT2D eigenvalue weighted by Crippen LogP contribution is -2.40. The molecule has 1 N–H and O–H groups in total. The highest BCUT2D eigenvalue weighted by atomic mass is 19.1. The lowest BCUT2D eigenvalue weighted by molar-refractivity contribution is -0.123. The maximum Gasteiger partial charge on any atom is 0.290 e. The Morgan fingerprint density at radius 2 is 2.00 bits per heavy atom. The van der Waals surface area contributed by atoms with Crippen molar-refractivity contribution in [3.05, 3.63) is 89.1 Å². The van der Waals surface area contributed by atoms with Crippen LogP contribution in [-0.2, 0) is 16.0 Å². The number of fused-ring (bicyclic) bond motifs is 1. The molecule has 0 spiro atoms. The van der Waals surface area contributed by atoms with Crippen molar-refractivity contribution in [2.75, 3.05) is 26.3 Å². The van der Waals surface area contributed by atoms with Gasteiger partial charge in [-0.25, -0.2) is 4.39 Å². The average Bonchev–Trinajstić information content (AvgIpc) is 3.60. The third-order valence-corrected chi connectivity index (χ3v) is 6.45. The van der Waals surface area contributed by atoms with Crippen molar-refractivity contribution in [2.45, 2.75) is 31.4 Å². The van der Waals surface area contributed by atoms with E-state index in [0.29, 0.717) is 25.3 Å². The van der Waals surface area contributed by atoms with Crippen molar-refractivity contribution in [1.29, 1.82) is 0 Å². The SMILES string of the molecule is O=C(COc1ccc2c(c1)C(c1ccc(F)cc1)N(C(=O)c1ccco1)CC2)NCC1CCCO1. The number of furan rings is 1. The van der Waals surface area contributed by atoms with Gasteiger partial charge in [-0.05, 0) is 72.4 Å². The summed E-state index contributed by atoms with van der Waals surface area (Å²) in [5.41, 5.74) is 2.72. The highest BCUT2D eigenvalue weighted by Crippen LogP contribution is 2.38. The van der Waals surface area contributed by atoms with E-state index in [1.807, 2.05) is 18.2 Å². The van der Waals surface area contributed by atoms with E-state index < -0.39 is 6.04 Å². The van der Waals surface area contributed by atoms with Gasteiger partial charge in [-0.15, -0.1) is 0 Å². The number of ether oxygens (including phenoxy) is 2. The third kappa shape index (κ3) is 5.22. The van der Waals surface area contributed by atoms with E-state index in [1.54, 1.807) is 29.2 Å². The number of benzene rings is 2. The zero-order valence-electron chi connectivity index (χ0n) is 19.2. The molecule has 2 unspecified atom stereocenters. The molecule has 3 heterocycles. The molecule has 1 aromatic heterocycles. The first-order valence-corrected chi connectivity index (χ1v) is 11.8. The van der Waals surface area contributed by atoms with E-state index in [0.717, 1.165) is 36.1 Å². The fourth-order valence-electron chi connectivity index (χ4n) is 4.68. The molecule has 5 rings (SSSR count). The van der Waals surface area contributed by atoms with E-state index in [-0.39, 0.29) is 36.1 Å². The Bertz CT molecular complexity index is 1170. The molecule has 2 aromatic carbocycles. The van der Waals surface area contributed by atoms with Gasteiger partial charge in [0.2, 0.25) is 0 Å². The van der Waals surface area contributed by atoms with Crippen LogP contribution in [0.1, 0.15) is 46.1 Å². The van der Waals surface area contributed by atoms with Crippen LogP contribution in [0, 0.1) is 5.82 Å². The second kappa shape index (κ2) is 10.3. The zero-order chi connectivity index (χ0) is 24.2. The van der Waals surface area contributed by atoms with E-state index in [1.165, 1.54) is 18.4 Å². The fraction of sp³-hybridized carbons (Fsp3) is 0.333. The van der Waals surface area contributed by atoms with Gasteiger partial charge in [-0.2, -0.15) is 0 Å². The number of carbonyl (C=O) groups is 2. The number of nitrogens with zero attached hydrogens (tertiary/aromatic N) is 1. The zero-order valence-corrected chi connectivity index (χ0v) is 19.2. The van der Waals surface area contributed by atoms with Crippen LogP contribution in [-0.4, -0.2) is 49.1 Å². The number of halogens is 1. The van der Waals surface area contributed by atoms with Crippen LogP contribution in [0.4, 0.5) is 4.39 Å². The lowest BCUT2D eigenvalue weighted by atomic mass is 9.87. The molecule has 0 saturated carbocycles. The van der Waals surface area contributed by atoms with Crippen LogP contribution in [0.15, 0.2) is 65.3 Å². The highest BCUT2D eigenvalue weighted by molar-refractivity contribution is 5.92. The molecule has 2 atom stereocenters. The van der Waals surface area contributed by atoms with Crippen molar-refractivity contribution in [3.8, 4) is 5.75 Å². The van der Waals surface area contributed by atoms with Crippen LogP contribution in [0.3, 0.4) is 0 Å². The summed E-state index contributed by atoms with van der Waals surface area (Å²) in [6, 6.07) is 14.6. The minimum absolute atomic E-state index is 0.0665. The maximum atomic E-state index is 13.7. The molecule has 0 radical (unpaired) electrons. The minimum Gasteiger partial charge on any atom is -0.484 e. The van der Waals surface area contributed by atoms with E-state index >= 15 is 0 Å². The molecule has 3 aromatic rings. The van der Waals surface area contributed by atoms with E-state index in [4.69, 9.17) is 13.9 Å². The topological polar surface area (TPSA) is 81.0 Å². The Kier molecular flexibility index (Phi) is 6.81. The monoisotopic (exact) mass is 478 g/mol. The van der Waals surface area contributed by atoms with Crippen molar-refractivity contribution >= 4 is 11.8 Å². The number of nitrogens with one attached hydrogen (secondary N) is 1. The summed E-state index contributed by atoms with van der Waals surface area (Å²) < 4.78 is 30.3. The first-order valence-electron chi connectivity index (χ1n) is 11.8. The van der Waals surface area contributed by atoms with E-state index in [2.05, 4.69) is 5.32 Å². The van der Waals surface area contributed by atoms with Crippen molar-refractivity contribution < 1.29 is 27.9 Å². The summed E-state index contributed by atoms with van der Waals surface area (Å²) in [5, 5.41) is 2.85. The Morgan fingerprint density at radius 1 is 1.14 bits per heavy atom. The Balaban J connectivity index is 1.36. The average molecular weight is 479 g/mol. The van der Waals surface area contributed by atoms with Gasteiger partial charge in [0.25, 0.3) is 11.8 Å². The minimum atomic E-state index is -0.450. The molecule has 182 valence electrons. The van der Waals surface area contributed by atoms with Crippen molar-refractivity contribution in [2.24, 2.45) is 0 Å². The first-order chi connectivity index (χ1) is 17.1. The summed E-state index contributed by atoms with van der Waals surface area (Å²) in [5.74, 6) is -0.0381. The Labute approximate surface area is 202 Å². The lowest BCUT2D eigenvalue weighted by Gasteiger charge is -2.37. The second-order valence-electron chi connectivity index (χ2n) is 8.77. The van der Waals surface area contributed by atoms with Crippen LogP contribution in [0.2, 0.25) is 0 Å². The fourth-order valence-corrected chi connectivity index (χ4v) is 4.68. The van der Waals surface area contributed by atoms with Gasteiger partial charge in [0.05, 0.1) is 18.4 Å². The van der Waals surface area contributed by atoms with Crippen LogP contribution >= 0.6 is 0 Å². The molecule has 35 heavy (non-hydrogen) atoms. The quantitative estimate of drug-likeness (QED) is 0.558. The highest BCUT2D eigenvalue weighted by Gasteiger charge is 2.34. The number of amides is 2. The van der Waals surface area contributed by atoms with Gasteiger partial charge < -0.3 is 24.1 Å². The number of carbonyl (C=O) groups excluding carboxylic acids is 2. The molecule has 7 nitrogen and oxygen atoms in total. The molecule has 8 heteroatoms. The molecular formula is C27H27FN2O5. The Morgan fingerprint density at radius 3 is 2.74 bits per heavy atom. The third-order valence-electron chi connectivity index (χ3n) is 6.45. The maximum absolute atomic E-state index is 13.7. The van der Waals surface area contributed by atoms with Gasteiger partial charge in [0.15, 0.2) is 12.4 Å². The smallest absolute Gasteiger partial charge is 0.290 e. The molecule has 2 aliphatic rings. The summed E-state index contributed by atoms with van der Waals surface area (Å²) in [6.07, 6.45) is 4.15. The van der Waals surface area contributed by atoms with Gasteiger partial charge in [0.1, 0.15) is 11.6 Å². The molecule has 1 fully saturated rings. The number of hydrogen-bond donors (Lipinski definition) is 1. The van der Waals surface area contributed by atoms with Crippen molar-refractivity contribution in [3.63, 3.8) is 0 Å². The van der Waals surface area contributed by atoms with Gasteiger partial charge in [-0.3, -0.25) is 9.59 Å². The molecule has 0 aliphatic carbocycles. The van der Waals surface area contributed by atoms with E-state index in [9.17, 15) is 14.0 Å². The largest absolute Gasteiger partial charge is 0.484 e. The molecule has 0 bridgehead atoms. The molecule has 2 amide bonds. The van der Waals surface area contributed by atoms with Crippen LogP contribution in [0.25, 0.3) is 0 Å². The normalized spacial score (nSPS) is 19.3. The molecule has 2 aliphatic heterocycles. The Hall–Kier alpha value is -3.65. The van der Waals surface area contributed by atoms with Crippen molar-refractivity contribution in [1.82, 2.24) is 10.2 Å². The van der Waals surface area contributed by atoms with Gasteiger partial charge >= 0.3 is 0 Å². The summed E-state index contributed by atoms with van der Waals surface area (Å²) in [4.78, 5) is 27.3. The second-order valence-corrected chi connectivity index (χ2v) is 8.77. The standard InChI is InChI=1S/C27H27FN2O5/c28-20-8-5-19(6-9-20)26-23-15-21(35-17-25(31)29-16-22-3-1-13-33-22)10-7-18(23)11-12-30(26)27(32)24-4-2-14-34-24/h2,4-10,14-15,22,26H,1,3,11-13,16-17H2,(H,29,31). The predicted molar refractivity (Wildman–Crippen MR) is 126 cm³/mol. The van der Waals surface area contributed by atoms with Gasteiger partial charge in [-0.1, -0.05) is 18.2 Å². The summed E-state index contributed by atoms with van der Waals surface area (Å²) in [7, 11) is 0. The summed E-state index contributed by atoms with van der Waals surface area (Å²) in [6.45, 7) is 1.58.